The van der Waals surface area contributed by atoms with Crippen molar-refractivity contribution < 1.29 is 4.79 Å². The number of benzene rings is 2. The zero-order valence-corrected chi connectivity index (χ0v) is 18.7. The van der Waals surface area contributed by atoms with Crippen LogP contribution in [-0.4, -0.2) is 16.2 Å². The lowest BCUT2D eigenvalue weighted by Gasteiger charge is -2.37. The van der Waals surface area contributed by atoms with Crippen LogP contribution in [0, 0.1) is 6.92 Å². The third-order valence-electron chi connectivity index (χ3n) is 4.84. The smallest absolute Gasteiger partial charge is 0.167 e. The second kappa shape index (κ2) is 7.21. The molecule has 0 spiro atoms. The number of allylic oxidation sites excluding steroid dienone is 1. The lowest BCUT2D eigenvalue weighted by molar-refractivity contribution is -0.112. The first-order valence-electron chi connectivity index (χ1n) is 9.12. The molecule has 2 aliphatic rings. The highest BCUT2D eigenvalue weighted by Gasteiger charge is 2.38. The summed E-state index contributed by atoms with van der Waals surface area (Å²) < 4.78 is 1.09. The molecule has 2 nitrogen and oxygen atoms in total. The summed E-state index contributed by atoms with van der Waals surface area (Å²) in [4.78, 5) is 15.1. The number of fused-ring (bicyclic) bond motifs is 1. The van der Waals surface area contributed by atoms with Gasteiger partial charge in [0, 0.05) is 26.6 Å². The maximum absolute atomic E-state index is 12.4. The SMILES string of the molecule is CC(=O)C1=C(c2ccccc2)SC(=C2C(=S)C(C)(C)Nc3ccc(C)cc32)S1. The van der Waals surface area contributed by atoms with Gasteiger partial charge in [0.1, 0.15) is 0 Å². The summed E-state index contributed by atoms with van der Waals surface area (Å²) in [5.41, 5.74) is 5.23. The number of Topliss-reactive ketones (excluding diaryl/α,β-unsaturated/α-hetero) is 1. The Morgan fingerprint density at radius 1 is 1.07 bits per heavy atom. The maximum Gasteiger partial charge on any atom is 0.167 e. The molecule has 4 rings (SSSR count). The highest BCUT2D eigenvalue weighted by Crippen LogP contribution is 2.57. The van der Waals surface area contributed by atoms with Gasteiger partial charge in [-0.15, -0.1) is 0 Å². The molecule has 5 heteroatoms. The van der Waals surface area contributed by atoms with Gasteiger partial charge in [-0.25, -0.2) is 0 Å². The number of thioether (sulfide) groups is 2. The summed E-state index contributed by atoms with van der Waals surface area (Å²) in [7, 11) is 0. The molecule has 2 aromatic carbocycles. The second-order valence-corrected chi connectivity index (χ2v) is 10.3. The molecule has 0 fully saturated rings. The van der Waals surface area contributed by atoms with E-state index in [9.17, 15) is 4.79 Å². The predicted octanol–water partition coefficient (Wildman–Crippen LogP) is 6.68. The first kappa shape index (κ1) is 19.5. The van der Waals surface area contributed by atoms with Gasteiger partial charge >= 0.3 is 0 Å². The number of ketones is 1. The molecule has 0 aliphatic carbocycles. The van der Waals surface area contributed by atoms with E-state index in [1.165, 1.54) is 5.56 Å². The number of carbonyl (C=O) groups excluding carboxylic acids is 1. The number of carbonyl (C=O) groups is 1. The van der Waals surface area contributed by atoms with Gasteiger partial charge in [-0.2, -0.15) is 0 Å². The topological polar surface area (TPSA) is 29.1 Å². The summed E-state index contributed by atoms with van der Waals surface area (Å²) in [6, 6.07) is 16.5. The van der Waals surface area contributed by atoms with Crippen molar-refractivity contribution in [1.29, 1.82) is 0 Å². The van der Waals surface area contributed by atoms with Crippen LogP contribution in [0.2, 0.25) is 0 Å². The number of hydrogen-bond acceptors (Lipinski definition) is 5. The van der Waals surface area contributed by atoms with Gasteiger partial charge < -0.3 is 5.32 Å². The van der Waals surface area contributed by atoms with E-state index >= 15 is 0 Å². The van der Waals surface area contributed by atoms with Gasteiger partial charge in [0.25, 0.3) is 0 Å². The molecule has 0 atom stereocenters. The molecule has 1 N–H and O–H groups in total. The van der Waals surface area contributed by atoms with Gasteiger partial charge in [0.2, 0.25) is 0 Å². The Morgan fingerprint density at radius 3 is 2.46 bits per heavy atom. The molecule has 28 heavy (non-hydrogen) atoms. The van der Waals surface area contributed by atoms with E-state index in [4.69, 9.17) is 12.2 Å². The Hall–Kier alpha value is -1.82. The van der Waals surface area contributed by atoms with Crippen LogP contribution in [0.25, 0.3) is 10.5 Å². The van der Waals surface area contributed by atoms with Crippen molar-refractivity contribution in [2.45, 2.75) is 33.2 Å². The molecular formula is C23H21NOS3. The van der Waals surface area contributed by atoms with Gasteiger partial charge in [0.15, 0.2) is 5.78 Å². The molecule has 0 amide bonds. The average molecular weight is 424 g/mol. The Morgan fingerprint density at radius 2 is 1.79 bits per heavy atom. The second-order valence-electron chi connectivity index (χ2n) is 7.58. The summed E-state index contributed by atoms with van der Waals surface area (Å²) in [5, 5.41) is 3.57. The molecule has 0 unspecified atom stereocenters. The highest BCUT2D eigenvalue weighted by molar-refractivity contribution is 8.32. The fourth-order valence-corrected chi connectivity index (χ4v) is 6.57. The van der Waals surface area contributed by atoms with E-state index < -0.39 is 0 Å². The molecule has 0 radical (unpaired) electrons. The van der Waals surface area contributed by atoms with Crippen molar-refractivity contribution in [3.63, 3.8) is 0 Å². The number of thiocarbonyl (C=S) groups is 1. The van der Waals surface area contributed by atoms with Crippen LogP contribution in [-0.2, 0) is 4.79 Å². The Kier molecular flexibility index (Phi) is 5.02. The van der Waals surface area contributed by atoms with Crippen LogP contribution in [0.4, 0.5) is 5.69 Å². The zero-order chi connectivity index (χ0) is 20.1. The number of aryl methyl sites for hydroxylation is 1. The van der Waals surface area contributed by atoms with Gasteiger partial charge in [-0.1, -0.05) is 77.7 Å². The van der Waals surface area contributed by atoms with E-state index in [1.54, 1.807) is 30.4 Å². The van der Waals surface area contributed by atoms with E-state index in [-0.39, 0.29) is 11.3 Å². The average Bonchev–Trinajstić information content (AvgIpc) is 3.09. The minimum absolute atomic E-state index is 0.0931. The quantitative estimate of drug-likeness (QED) is 0.430. The van der Waals surface area contributed by atoms with E-state index in [2.05, 4.69) is 56.4 Å². The third kappa shape index (κ3) is 3.36. The zero-order valence-electron chi connectivity index (χ0n) is 16.3. The van der Waals surface area contributed by atoms with Crippen LogP contribution in [0.5, 0.6) is 0 Å². The molecule has 0 aromatic heterocycles. The summed E-state index contributed by atoms with van der Waals surface area (Å²) in [5.74, 6) is 0.0931. The van der Waals surface area contributed by atoms with Crippen molar-refractivity contribution in [3.05, 3.63) is 74.4 Å². The van der Waals surface area contributed by atoms with Gasteiger partial charge in [-0.3, -0.25) is 4.79 Å². The Bertz CT molecular complexity index is 1060. The molecule has 142 valence electrons. The molecule has 2 aromatic rings. The first-order valence-corrected chi connectivity index (χ1v) is 11.2. The van der Waals surface area contributed by atoms with Gasteiger partial charge in [0.05, 0.1) is 14.7 Å². The van der Waals surface area contributed by atoms with Crippen molar-refractivity contribution in [2.75, 3.05) is 5.32 Å². The summed E-state index contributed by atoms with van der Waals surface area (Å²) in [6.45, 7) is 7.96. The number of rotatable bonds is 2. The lowest BCUT2D eigenvalue weighted by atomic mass is 9.85. The highest BCUT2D eigenvalue weighted by atomic mass is 32.2. The van der Waals surface area contributed by atoms with Crippen LogP contribution in [0.3, 0.4) is 0 Å². The summed E-state index contributed by atoms with van der Waals surface area (Å²) >= 11 is 9.15. The minimum Gasteiger partial charge on any atom is -0.375 e. The molecule has 0 saturated carbocycles. The Balaban J connectivity index is 1.89. The van der Waals surface area contributed by atoms with E-state index in [0.29, 0.717) is 0 Å². The standard InChI is InChI=1S/C23H21NOS3/c1-13-10-11-17-16(12-13)18(21(26)23(3,4)24-17)22-27-19(14(2)25)20(28-22)15-8-6-5-7-9-15/h5-12,24H,1-4H3. The minimum atomic E-state index is -0.326. The maximum atomic E-state index is 12.4. The fourth-order valence-electron chi connectivity index (χ4n) is 3.42. The molecule has 0 bridgehead atoms. The lowest BCUT2D eigenvalue weighted by Crippen LogP contribution is -2.43. The Labute approximate surface area is 179 Å². The van der Waals surface area contributed by atoms with Crippen LogP contribution < -0.4 is 5.32 Å². The van der Waals surface area contributed by atoms with Crippen molar-refractivity contribution in [1.82, 2.24) is 0 Å². The molecule has 2 heterocycles. The normalized spacial score (nSPS) is 20.8. The summed E-state index contributed by atoms with van der Waals surface area (Å²) in [6.07, 6.45) is 0. The van der Waals surface area contributed by atoms with Crippen molar-refractivity contribution in [3.8, 4) is 0 Å². The largest absolute Gasteiger partial charge is 0.375 e. The molecular weight excluding hydrogens is 402 g/mol. The predicted molar refractivity (Wildman–Crippen MR) is 128 cm³/mol. The van der Waals surface area contributed by atoms with Crippen LogP contribution >= 0.6 is 35.7 Å². The molecule has 0 saturated heterocycles. The third-order valence-corrected chi connectivity index (χ3v) is 8.30. The fraction of sp³-hybridized carbons (Fsp3) is 0.217. The first-order chi connectivity index (χ1) is 13.3. The van der Waals surface area contributed by atoms with Crippen LogP contribution in [0.1, 0.15) is 37.5 Å². The number of anilines is 1. The molecule has 2 aliphatic heterocycles. The van der Waals surface area contributed by atoms with Crippen molar-refractivity contribution >= 4 is 62.6 Å². The van der Waals surface area contributed by atoms with Gasteiger partial charge in [-0.05, 0) is 45.4 Å². The van der Waals surface area contributed by atoms with E-state index in [0.717, 1.165) is 41.3 Å². The number of hydrogen-bond donors (Lipinski definition) is 1. The van der Waals surface area contributed by atoms with Crippen molar-refractivity contribution in [2.24, 2.45) is 0 Å². The van der Waals surface area contributed by atoms with E-state index in [1.807, 2.05) is 18.2 Å². The monoisotopic (exact) mass is 423 g/mol. The number of nitrogens with one attached hydrogen (secondary N) is 1. The van der Waals surface area contributed by atoms with Crippen LogP contribution in [0.15, 0.2) is 57.7 Å².